The fourth-order valence-electron chi connectivity index (χ4n) is 8.23. The van der Waals surface area contributed by atoms with E-state index in [1.807, 2.05) is 29.5 Å². The molecule has 4 nitrogen and oxygen atoms in total. The van der Waals surface area contributed by atoms with Crippen molar-refractivity contribution in [1.82, 2.24) is 9.13 Å². The summed E-state index contributed by atoms with van der Waals surface area (Å²) in [6.07, 6.45) is 0. The molecule has 0 atom stereocenters. The average molecular weight is 671 g/mol. The average Bonchev–Trinajstić information content (AvgIpc) is 3.91. The number of hydrogen-bond donors (Lipinski definition) is 0. The van der Waals surface area contributed by atoms with Crippen LogP contribution in [0.3, 0.4) is 0 Å². The molecule has 6 heteroatoms. The summed E-state index contributed by atoms with van der Waals surface area (Å²) in [5.74, 6) is 0. The molecule has 0 aliphatic heterocycles. The lowest BCUT2D eigenvalue weighted by Gasteiger charge is -2.15. The molecule has 7 aromatic carbocycles. The molecule has 0 amide bonds. The summed E-state index contributed by atoms with van der Waals surface area (Å²) < 4.78 is 9.31. The van der Waals surface area contributed by atoms with Gasteiger partial charge in [-0.3, -0.25) is 0 Å². The molecule has 11 rings (SSSR count). The summed E-state index contributed by atoms with van der Waals surface area (Å²) in [5.41, 5.74) is 6.33. The molecule has 0 N–H and O–H groups in total. The van der Waals surface area contributed by atoms with E-state index in [1.54, 1.807) is 11.3 Å². The molecule has 0 saturated heterocycles. The largest absolute Gasteiger partial charge is 0.309 e. The van der Waals surface area contributed by atoms with Gasteiger partial charge < -0.3 is 9.13 Å². The van der Waals surface area contributed by atoms with E-state index >= 15 is 0 Å². The minimum atomic E-state index is 0.449. The minimum absolute atomic E-state index is 0.449. The van der Waals surface area contributed by atoms with Crippen LogP contribution in [0.4, 0.5) is 0 Å². The van der Waals surface area contributed by atoms with Crippen LogP contribution >= 0.6 is 22.7 Å². The van der Waals surface area contributed by atoms with Crippen LogP contribution in [-0.2, 0) is 0 Å². The molecule has 11 aromatic rings. The molecule has 0 radical (unpaired) electrons. The number of fused-ring (bicyclic) bond motifs is 14. The van der Waals surface area contributed by atoms with Crippen molar-refractivity contribution in [2.45, 2.75) is 0 Å². The predicted octanol–water partition coefficient (Wildman–Crippen LogP) is 12.4. The third kappa shape index (κ3) is 3.51. The molecular weight excluding hydrogens is 649 g/mol. The topological polar surface area (TPSA) is 57.4 Å². The van der Waals surface area contributed by atoms with E-state index in [0.717, 1.165) is 43.9 Å². The van der Waals surface area contributed by atoms with Crippen LogP contribution in [0.1, 0.15) is 11.1 Å². The van der Waals surface area contributed by atoms with Gasteiger partial charge in [0.15, 0.2) is 0 Å². The molecule has 0 unspecified atom stereocenters. The van der Waals surface area contributed by atoms with E-state index in [2.05, 4.69) is 137 Å². The fourth-order valence-corrected chi connectivity index (χ4v) is 10.5. The first-order chi connectivity index (χ1) is 24.7. The first kappa shape index (κ1) is 27.5. The molecule has 0 aliphatic carbocycles. The summed E-state index contributed by atoms with van der Waals surface area (Å²) in [7, 11) is 0. The monoisotopic (exact) mass is 670 g/mol. The number of nitriles is 2. The van der Waals surface area contributed by atoms with Gasteiger partial charge >= 0.3 is 0 Å². The second-order valence-corrected chi connectivity index (χ2v) is 14.8. The van der Waals surface area contributed by atoms with E-state index in [-0.39, 0.29) is 0 Å². The summed E-state index contributed by atoms with van der Waals surface area (Å²) in [5, 5.41) is 31.2. The van der Waals surface area contributed by atoms with Gasteiger partial charge in [0.1, 0.15) is 12.1 Å². The molecule has 0 bridgehead atoms. The summed E-state index contributed by atoms with van der Waals surface area (Å²) in [4.78, 5) is 0. The highest BCUT2D eigenvalue weighted by Crippen LogP contribution is 2.46. The maximum Gasteiger partial charge on any atom is 0.101 e. The van der Waals surface area contributed by atoms with Gasteiger partial charge in [0, 0.05) is 67.6 Å². The lowest BCUT2D eigenvalue weighted by Crippen LogP contribution is -2.04. The molecule has 50 heavy (non-hydrogen) atoms. The van der Waals surface area contributed by atoms with Crippen molar-refractivity contribution in [3.05, 3.63) is 145 Å². The van der Waals surface area contributed by atoms with Crippen molar-refractivity contribution >= 4 is 107 Å². The number of benzene rings is 7. The van der Waals surface area contributed by atoms with Crippen molar-refractivity contribution in [1.29, 1.82) is 10.5 Å². The van der Waals surface area contributed by atoms with Gasteiger partial charge in [-0.25, -0.2) is 0 Å². The highest BCUT2D eigenvalue weighted by atomic mass is 32.1. The summed E-state index contributed by atoms with van der Waals surface area (Å²) >= 11 is 3.60. The minimum Gasteiger partial charge on any atom is -0.309 e. The summed E-state index contributed by atoms with van der Waals surface area (Å²) in [6, 6.07) is 51.6. The molecule has 0 fully saturated rings. The Hall–Kier alpha value is -6.44. The Morgan fingerprint density at radius 3 is 1.36 bits per heavy atom. The van der Waals surface area contributed by atoms with E-state index < -0.39 is 0 Å². The van der Waals surface area contributed by atoms with Crippen LogP contribution in [0.5, 0.6) is 0 Å². The smallest absolute Gasteiger partial charge is 0.101 e. The number of hydrogen-bond acceptors (Lipinski definition) is 4. The Labute approximate surface area is 293 Å². The zero-order valence-electron chi connectivity index (χ0n) is 26.3. The van der Waals surface area contributed by atoms with Crippen LogP contribution in [0.25, 0.3) is 95.3 Å². The van der Waals surface area contributed by atoms with Crippen molar-refractivity contribution in [2.24, 2.45) is 0 Å². The maximum absolute atomic E-state index is 10.9. The van der Waals surface area contributed by atoms with E-state index in [1.165, 1.54) is 45.7 Å². The third-order valence-electron chi connectivity index (χ3n) is 10.2. The number of rotatable bonds is 2. The van der Waals surface area contributed by atoms with Gasteiger partial charge in [-0.05, 0) is 60.7 Å². The maximum atomic E-state index is 10.9. The molecule has 4 heterocycles. The second-order valence-electron chi connectivity index (χ2n) is 12.7. The normalized spacial score (nSPS) is 12.0. The van der Waals surface area contributed by atoms with Crippen molar-refractivity contribution in [3.8, 4) is 23.5 Å². The van der Waals surface area contributed by atoms with Gasteiger partial charge in [0.05, 0.1) is 38.9 Å². The summed E-state index contributed by atoms with van der Waals surface area (Å²) in [6.45, 7) is 0. The zero-order chi connectivity index (χ0) is 33.1. The predicted molar refractivity (Wildman–Crippen MR) is 210 cm³/mol. The highest BCUT2D eigenvalue weighted by Gasteiger charge is 2.24. The van der Waals surface area contributed by atoms with Gasteiger partial charge in [-0.2, -0.15) is 10.5 Å². The van der Waals surface area contributed by atoms with Crippen LogP contribution in [0.15, 0.2) is 133 Å². The molecule has 0 spiro atoms. The molecule has 230 valence electrons. The van der Waals surface area contributed by atoms with E-state index in [9.17, 15) is 10.5 Å². The number of nitrogens with zero attached hydrogens (tertiary/aromatic N) is 4. The van der Waals surface area contributed by atoms with Gasteiger partial charge in [0.2, 0.25) is 0 Å². The first-order valence-electron chi connectivity index (χ1n) is 16.4. The van der Waals surface area contributed by atoms with Crippen molar-refractivity contribution in [3.63, 3.8) is 0 Å². The fraction of sp³-hybridized carbons (Fsp3) is 0. The zero-order valence-corrected chi connectivity index (χ0v) is 27.9. The Morgan fingerprint density at radius 1 is 0.400 bits per heavy atom. The SMILES string of the molecule is N#Cc1cc(-n2c3ccccc3c3c4c(ccc32)sc2ccccc24)cc(C#N)c1-n1c2ccccc2c2c3c(ccc21)sc1ccccc13. The molecule has 0 saturated carbocycles. The Balaban J connectivity index is 1.24. The van der Waals surface area contributed by atoms with E-state index in [4.69, 9.17) is 0 Å². The Bertz CT molecular complexity index is 3320. The van der Waals surface area contributed by atoms with E-state index in [0.29, 0.717) is 16.8 Å². The van der Waals surface area contributed by atoms with Gasteiger partial charge in [-0.15, -0.1) is 22.7 Å². The van der Waals surface area contributed by atoms with Crippen molar-refractivity contribution < 1.29 is 0 Å². The number of para-hydroxylation sites is 2. The van der Waals surface area contributed by atoms with Crippen molar-refractivity contribution in [2.75, 3.05) is 0 Å². The van der Waals surface area contributed by atoms with Crippen LogP contribution < -0.4 is 0 Å². The Morgan fingerprint density at radius 2 is 0.840 bits per heavy atom. The third-order valence-corrected chi connectivity index (χ3v) is 12.4. The van der Waals surface area contributed by atoms with Gasteiger partial charge in [-0.1, -0.05) is 72.8 Å². The molecule has 0 aliphatic rings. The number of thiophene rings is 2. The van der Waals surface area contributed by atoms with Crippen LogP contribution in [0, 0.1) is 22.7 Å². The first-order valence-corrected chi connectivity index (χ1v) is 18.0. The quantitative estimate of drug-likeness (QED) is 0.184. The van der Waals surface area contributed by atoms with Crippen LogP contribution in [-0.4, -0.2) is 9.13 Å². The second kappa shape index (κ2) is 10.0. The van der Waals surface area contributed by atoms with Gasteiger partial charge in [0.25, 0.3) is 0 Å². The molecule has 4 aromatic heterocycles. The lowest BCUT2D eigenvalue weighted by molar-refractivity contribution is 1.12. The molecular formula is C44H22N4S2. The highest BCUT2D eigenvalue weighted by molar-refractivity contribution is 7.26. The lowest BCUT2D eigenvalue weighted by atomic mass is 10.0. The number of aromatic nitrogens is 2. The van der Waals surface area contributed by atoms with Crippen LogP contribution in [0.2, 0.25) is 0 Å². The Kier molecular flexibility index (Phi) is 5.52. The standard InChI is InChI=1S/C44H22N4S2/c45-23-25-21-27(47-32-13-5-1-9-28(32)40-34(47)17-19-38-42(40)30-11-3-7-15-36(30)49-38)22-26(24-46)44(25)48-33-14-6-2-10-29(33)41-35(48)18-20-39-43(41)31-12-4-8-16-37(31)50-39/h1-22H.